The molecule has 0 saturated carbocycles. The van der Waals surface area contributed by atoms with Gasteiger partial charge in [-0.3, -0.25) is 9.79 Å². The van der Waals surface area contributed by atoms with E-state index in [1.54, 1.807) is 13.0 Å². The van der Waals surface area contributed by atoms with Crippen molar-refractivity contribution in [2.24, 2.45) is 9.98 Å². The van der Waals surface area contributed by atoms with Crippen LogP contribution >= 0.6 is 23.1 Å². The van der Waals surface area contributed by atoms with Gasteiger partial charge in [-0.15, -0.1) is 17.9 Å². The van der Waals surface area contributed by atoms with E-state index in [2.05, 4.69) is 26.9 Å². The molecule has 1 N–H and O–H groups in total. The van der Waals surface area contributed by atoms with Crippen LogP contribution in [0.2, 0.25) is 0 Å². The summed E-state index contributed by atoms with van der Waals surface area (Å²) in [6.07, 6.45) is -2.91. The van der Waals surface area contributed by atoms with Gasteiger partial charge in [-0.05, 0) is 18.6 Å². The van der Waals surface area contributed by atoms with E-state index in [-0.39, 0.29) is 10.7 Å². The van der Waals surface area contributed by atoms with E-state index in [0.29, 0.717) is 38.9 Å². The molecular formula is C16H11F3N4OS2. The van der Waals surface area contributed by atoms with Crippen LogP contribution in [0.25, 0.3) is 10.2 Å². The monoisotopic (exact) mass is 396 g/mol. The number of amides is 1. The maximum absolute atomic E-state index is 13.0. The molecule has 1 atom stereocenters. The van der Waals surface area contributed by atoms with E-state index in [1.807, 2.05) is 0 Å². The number of anilines is 1. The Balaban J connectivity index is 1.91. The fourth-order valence-corrected chi connectivity index (χ4v) is 5.09. The van der Waals surface area contributed by atoms with Crippen LogP contribution in [0.4, 0.5) is 18.9 Å². The highest BCUT2D eigenvalue weighted by molar-refractivity contribution is 8.16. The predicted molar refractivity (Wildman–Crippen MR) is 98.4 cm³/mol. The first-order valence-corrected chi connectivity index (χ1v) is 9.22. The van der Waals surface area contributed by atoms with Gasteiger partial charge in [-0.25, -0.2) is 9.98 Å². The molecule has 0 bridgehead atoms. The Morgan fingerprint density at radius 2 is 2.23 bits per heavy atom. The molecule has 4 rings (SSSR count). The number of carbonyl (C=O) groups is 1. The number of thiophene rings is 1. The molecule has 0 spiro atoms. The van der Waals surface area contributed by atoms with E-state index < -0.39 is 17.1 Å². The smallest absolute Gasteiger partial charge is 0.323 e. The van der Waals surface area contributed by atoms with Crippen LogP contribution in [-0.2, 0) is 11.0 Å². The van der Waals surface area contributed by atoms with Crippen molar-refractivity contribution >= 4 is 55.8 Å². The number of halogens is 3. The van der Waals surface area contributed by atoms with E-state index in [4.69, 9.17) is 0 Å². The van der Waals surface area contributed by atoms with Crippen LogP contribution in [0.3, 0.4) is 0 Å². The molecule has 10 heteroatoms. The number of alkyl halides is 3. The van der Waals surface area contributed by atoms with Crippen LogP contribution in [-0.4, -0.2) is 33.6 Å². The highest BCUT2D eigenvalue weighted by Gasteiger charge is 2.41. The zero-order chi connectivity index (χ0) is 18.6. The molecule has 0 aliphatic carbocycles. The number of nitrogens with one attached hydrogen (secondary N) is 1. The Hall–Kier alpha value is -2.20. The average Bonchev–Trinajstić information content (AvgIpc) is 3.14. The van der Waals surface area contributed by atoms with Gasteiger partial charge in [0.25, 0.3) is 0 Å². The summed E-state index contributed by atoms with van der Waals surface area (Å²) >= 11 is 2.32. The lowest BCUT2D eigenvalue weighted by molar-refractivity contribution is -0.141. The maximum atomic E-state index is 13.0. The molecule has 0 saturated heterocycles. The topological polar surface area (TPSA) is 66.7 Å². The fraction of sp³-hybridized carbons (Fsp3) is 0.250. The van der Waals surface area contributed by atoms with Crippen LogP contribution in [0.15, 0.2) is 28.7 Å². The third kappa shape index (κ3) is 2.64. The number of pyridine rings is 1. The number of aliphatic imine (C=N–C) groups is 2. The quantitative estimate of drug-likeness (QED) is 0.780. The molecule has 2 aliphatic heterocycles. The van der Waals surface area contributed by atoms with Crippen molar-refractivity contribution in [1.29, 1.82) is 0 Å². The molecule has 0 fully saturated rings. The summed E-state index contributed by atoms with van der Waals surface area (Å²) in [6, 6.07) is 0.996. The van der Waals surface area contributed by atoms with Gasteiger partial charge in [-0.1, -0.05) is 17.8 Å². The van der Waals surface area contributed by atoms with Gasteiger partial charge >= 0.3 is 6.18 Å². The van der Waals surface area contributed by atoms with Crippen molar-refractivity contribution in [3.63, 3.8) is 0 Å². The second kappa shape index (κ2) is 5.92. The molecule has 1 unspecified atom stereocenters. The summed E-state index contributed by atoms with van der Waals surface area (Å²) in [5.74, 6) is -0.260. The molecule has 2 aliphatic rings. The Labute approximate surface area is 154 Å². The number of fused-ring (bicyclic) bond motifs is 5. The number of amidine groups is 1. The number of aromatic nitrogens is 1. The van der Waals surface area contributed by atoms with E-state index >= 15 is 0 Å². The van der Waals surface area contributed by atoms with E-state index in [0.717, 1.165) is 17.4 Å². The number of carbonyl (C=O) groups excluding carboxylic acids is 1. The van der Waals surface area contributed by atoms with Crippen LogP contribution in [0, 0.1) is 6.92 Å². The summed E-state index contributed by atoms with van der Waals surface area (Å²) in [4.78, 5) is 25.7. The number of aryl methyl sites for hydroxylation is 1. The van der Waals surface area contributed by atoms with Crippen molar-refractivity contribution < 1.29 is 18.0 Å². The Morgan fingerprint density at radius 1 is 1.46 bits per heavy atom. The summed E-state index contributed by atoms with van der Waals surface area (Å²) < 4.78 is 39.1. The third-order valence-corrected chi connectivity index (χ3v) is 6.12. The molecule has 4 heterocycles. The van der Waals surface area contributed by atoms with Gasteiger partial charge in [-0.2, -0.15) is 13.2 Å². The normalized spacial score (nSPS) is 20.8. The van der Waals surface area contributed by atoms with Crippen LogP contribution in [0.1, 0.15) is 16.1 Å². The first-order chi connectivity index (χ1) is 12.3. The minimum Gasteiger partial charge on any atom is -0.323 e. The highest BCUT2D eigenvalue weighted by atomic mass is 32.2. The first-order valence-electron chi connectivity index (χ1n) is 7.52. The summed E-state index contributed by atoms with van der Waals surface area (Å²) in [5, 5.41) is 3.24. The molecule has 134 valence electrons. The Kier molecular flexibility index (Phi) is 3.92. The standard InChI is InChI=1S/C16H11F3N4OS2/c1-3-4-20-15-23-10-11-9(22-13(24)12(10)26-15)8-6(2)5-7(16(17,18)19)21-14(8)25-11/h3,5,12H,1,4H2,2H3,(H,22,24). The van der Waals surface area contributed by atoms with Gasteiger partial charge in [0.2, 0.25) is 5.91 Å². The highest BCUT2D eigenvalue weighted by Crippen LogP contribution is 2.45. The largest absolute Gasteiger partial charge is 0.433 e. The lowest BCUT2D eigenvalue weighted by Crippen LogP contribution is -2.35. The molecule has 26 heavy (non-hydrogen) atoms. The lowest BCUT2D eigenvalue weighted by atomic mass is 10.0. The first kappa shape index (κ1) is 17.2. The maximum Gasteiger partial charge on any atom is 0.433 e. The van der Waals surface area contributed by atoms with E-state index in [1.165, 1.54) is 11.8 Å². The average molecular weight is 396 g/mol. The number of hydrogen-bond acceptors (Lipinski definition) is 5. The molecule has 0 radical (unpaired) electrons. The zero-order valence-electron chi connectivity index (χ0n) is 13.3. The number of rotatable bonds is 2. The molecule has 2 aromatic heterocycles. The molecule has 1 amide bonds. The zero-order valence-corrected chi connectivity index (χ0v) is 15.0. The fourth-order valence-electron chi connectivity index (χ4n) is 2.83. The molecular weight excluding hydrogens is 385 g/mol. The summed E-state index contributed by atoms with van der Waals surface area (Å²) in [5.41, 5.74) is 0.465. The van der Waals surface area contributed by atoms with Gasteiger partial charge in [0, 0.05) is 5.39 Å². The number of nitrogens with zero attached hydrogens (tertiary/aromatic N) is 3. The van der Waals surface area contributed by atoms with Crippen molar-refractivity contribution in [2.45, 2.75) is 18.3 Å². The van der Waals surface area contributed by atoms with Gasteiger partial charge < -0.3 is 5.32 Å². The van der Waals surface area contributed by atoms with Crippen molar-refractivity contribution in [3.8, 4) is 0 Å². The van der Waals surface area contributed by atoms with Gasteiger partial charge in [0.1, 0.15) is 15.8 Å². The minimum atomic E-state index is -4.53. The van der Waals surface area contributed by atoms with Crippen molar-refractivity contribution in [3.05, 3.63) is 34.9 Å². The van der Waals surface area contributed by atoms with Gasteiger partial charge in [0.15, 0.2) is 5.17 Å². The van der Waals surface area contributed by atoms with Gasteiger partial charge in [0.05, 0.1) is 22.8 Å². The lowest BCUT2D eigenvalue weighted by Gasteiger charge is -2.19. The molecule has 0 aromatic carbocycles. The number of thioether (sulfide) groups is 1. The number of hydrogen-bond donors (Lipinski definition) is 1. The SMILES string of the molecule is C=CCN=C1N=C2c3sc4nc(C(F)(F)F)cc(C)c4c3NC(=O)C2S1. The third-order valence-electron chi connectivity index (χ3n) is 3.91. The predicted octanol–water partition coefficient (Wildman–Crippen LogP) is 4.02. The molecule has 2 aromatic rings. The summed E-state index contributed by atoms with van der Waals surface area (Å²) in [7, 11) is 0. The minimum absolute atomic E-state index is 0.229. The second-order valence-electron chi connectivity index (χ2n) is 5.70. The van der Waals surface area contributed by atoms with Crippen molar-refractivity contribution in [1.82, 2.24) is 4.98 Å². The second-order valence-corrected chi connectivity index (χ2v) is 7.78. The van der Waals surface area contributed by atoms with Crippen molar-refractivity contribution in [2.75, 3.05) is 11.9 Å². The van der Waals surface area contributed by atoms with Crippen LogP contribution < -0.4 is 5.32 Å². The molecule has 5 nitrogen and oxygen atoms in total. The van der Waals surface area contributed by atoms with E-state index in [9.17, 15) is 18.0 Å². The Bertz CT molecular complexity index is 1020. The summed E-state index contributed by atoms with van der Waals surface area (Å²) in [6.45, 7) is 5.54. The Morgan fingerprint density at radius 3 is 2.92 bits per heavy atom. The van der Waals surface area contributed by atoms with Crippen LogP contribution in [0.5, 0.6) is 0 Å².